The first-order chi connectivity index (χ1) is 12.4. The number of amides is 1. The van der Waals surface area contributed by atoms with E-state index >= 15 is 0 Å². The van der Waals surface area contributed by atoms with Crippen molar-refractivity contribution < 1.29 is 13.9 Å². The number of carbonyl (C=O) groups is 1. The molecule has 1 unspecified atom stereocenters. The average Bonchev–Trinajstić information content (AvgIpc) is 3.09. The Labute approximate surface area is 154 Å². The number of ether oxygens (including phenoxy) is 1. The van der Waals surface area contributed by atoms with Crippen molar-refractivity contribution in [2.24, 2.45) is 17.6 Å². The summed E-state index contributed by atoms with van der Waals surface area (Å²) < 4.78 is 19.4. The van der Waals surface area contributed by atoms with Gasteiger partial charge in [0.05, 0.1) is 18.7 Å². The summed E-state index contributed by atoms with van der Waals surface area (Å²) in [6, 6.07) is 6.93. The maximum atomic E-state index is 13.3. The second-order valence-corrected chi connectivity index (χ2v) is 7.78. The normalized spacial score (nSPS) is 28.6. The fourth-order valence-corrected chi connectivity index (χ4v) is 4.12. The molecule has 6 heteroatoms. The molecule has 3 atom stereocenters. The van der Waals surface area contributed by atoms with Crippen LogP contribution in [0.25, 0.3) is 0 Å². The monoisotopic (exact) mass is 363 g/mol. The van der Waals surface area contributed by atoms with E-state index in [0.717, 1.165) is 37.1 Å². The lowest BCUT2D eigenvalue weighted by molar-refractivity contribution is -0.133. The fourth-order valence-electron chi connectivity index (χ4n) is 4.12. The van der Waals surface area contributed by atoms with Crippen LogP contribution in [0.4, 0.5) is 10.1 Å². The summed E-state index contributed by atoms with van der Waals surface area (Å²) in [4.78, 5) is 14.1. The Balaban J connectivity index is 1.47. The minimum atomic E-state index is -0.901. The van der Waals surface area contributed by atoms with Gasteiger partial charge in [0.2, 0.25) is 5.91 Å². The Bertz CT molecular complexity index is 602. The van der Waals surface area contributed by atoms with E-state index in [9.17, 15) is 9.18 Å². The molecular weight excluding hydrogens is 333 g/mol. The van der Waals surface area contributed by atoms with Crippen molar-refractivity contribution in [3.8, 4) is 5.75 Å². The standard InChI is InChI=1S/C20H30FN3O2/c1-13(19(23)20(25)24-11-10-15(21)12-24)14-2-6-17(7-3-14)26-18-8-4-16(22)5-9-18/h4-5,8-9,13-15,17,19H,2-3,6-7,10-12,22-23H2,1H3/t13-,14?,15-,17?,19?/m0/s1. The van der Waals surface area contributed by atoms with Crippen molar-refractivity contribution in [1.29, 1.82) is 0 Å². The highest BCUT2D eigenvalue weighted by molar-refractivity contribution is 5.82. The van der Waals surface area contributed by atoms with Gasteiger partial charge in [-0.2, -0.15) is 0 Å². The maximum Gasteiger partial charge on any atom is 0.239 e. The number of benzene rings is 1. The van der Waals surface area contributed by atoms with Crippen LogP contribution in [-0.4, -0.2) is 42.2 Å². The Morgan fingerprint density at radius 1 is 1.19 bits per heavy atom. The number of anilines is 1. The number of carbonyl (C=O) groups excluding carboxylic acids is 1. The minimum Gasteiger partial charge on any atom is -0.490 e. The molecule has 4 N–H and O–H groups in total. The van der Waals surface area contributed by atoms with Crippen LogP contribution in [0.5, 0.6) is 5.75 Å². The first-order valence-corrected chi connectivity index (χ1v) is 9.64. The average molecular weight is 363 g/mol. The van der Waals surface area contributed by atoms with Crippen LogP contribution in [0, 0.1) is 11.8 Å². The predicted octanol–water partition coefficient (Wildman–Crippen LogP) is 2.74. The van der Waals surface area contributed by atoms with Gasteiger partial charge in [-0.05, 0) is 68.2 Å². The Morgan fingerprint density at radius 2 is 1.85 bits per heavy atom. The van der Waals surface area contributed by atoms with E-state index in [1.807, 2.05) is 24.3 Å². The topological polar surface area (TPSA) is 81.6 Å². The summed E-state index contributed by atoms with van der Waals surface area (Å²) in [5, 5.41) is 0. The van der Waals surface area contributed by atoms with E-state index in [2.05, 4.69) is 6.92 Å². The zero-order valence-corrected chi connectivity index (χ0v) is 15.4. The van der Waals surface area contributed by atoms with Crippen LogP contribution in [0.3, 0.4) is 0 Å². The van der Waals surface area contributed by atoms with E-state index in [-0.39, 0.29) is 24.5 Å². The second-order valence-electron chi connectivity index (χ2n) is 7.78. The summed E-state index contributed by atoms with van der Waals surface area (Å²) in [5.74, 6) is 1.25. The molecule has 1 heterocycles. The molecular formula is C20H30FN3O2. The number of hydrogen-bond acceptors (Lipinski definition) is 4. The van der Waals surface area contributed by atoms with Crippen LogP contribution in [-0.2, 0) is 4.79 Å². The summed E-state index contributed by atoms with van der Waals surface area (Å²) in [5.41, 5.74) is 12.7. The number of hydrogen-bond donors (Lipinski definition) is 2. The Hall–Kier alpha value is -1.82. The molecule has 0 spiro atoms. The lowest BCUT2D eigenvalue weighted by atomic mass is 9.76. The van der Waals surface area contributed by atoms with Gasteiger partial charge in [0.1, 0.15) is 11.9 Å². The second kappa shape index (κ2) is 8.25. The maximum absolute atomic E-state index is 13.3. The van der Waals surface area contributed by atoms with Gasteiger partial charge in [0.25, 0.3) is 0 Å². The molecule has 1 saturated carbocycles. The van der Waals surface area contributed by atoms with Crippen molar-refractivity contribution in [3.63, 3.8) is 0 Å². The largest absolute Gasteiger partial charge is 0.490 e. The van der Waals surface area contributed by atoms with E-state index in [1.54, 1.807) is 4.90 Å². The summed E-state index contributed by atoms with van der Waals surface area (Å²) in [6.07, 6.45) is 3.62. The summed E-state index contributed by atoms with van der Waals surface area (Å²) >= 11 is 0. The first-order valence-electron chi connectivity index (χ1n) is 9.64. The van der Waals surface area contributed by atoms with Crippen LogP contribution in [0.2, 0.25) is 0 Å². The molecule has 0 radical (unpaired) electrons. The van der Waals surface area contributed by atoms with Gasteiger partial charge in [-0.1, -0.05) is 6.92 Å². The fraction of sp³-hybridized carbons (Fsp3) is 0.650. The number of likely N-dealkylation sites (tertiary alicyclic amines) is 1. The number of halogens is 1. The first kappa shape index (κ1) is 19.0. The van der Waals surface area contributed by atoms with E-state index in [4.69, 9.17) is 16.2 Å². The highest BCUT2D eigenvalue weighted by Crippen LogP contribution is 2.34. The lowest BCUT2D eigenvalue weighted by Gasteiger charge is -2.35. The zero-order chi connectivity index (χ0) is 18.7. The van der Waals surface area contributed by atoms with Crippen molar-refractivity contribution >= 4 is 11.6 Å². The SMILES string of the molecule is C[C@@H](C1CCC(Oc2ccc(N)cc2)CC1)C(N)C(=O)N1CC[C@H](F)C1. The molecule has 144 valence electrons. The van der Waals surface area contributed by atoms with E-state index in [1.165, 1.54) is 0 Å². The molecule has 26 heavy (non-hydrogen) atoms. The minimum absolute atomic E-state index is 0.0960. The highest BCUT2D eigenvalue weighted by atomic mass is 19.1. The third-order valence-corrected chi connectivity index (χ3v) is 5.94. The molecule has 0 aromatic heterocycles. The molecule has 1 amide bonds. The number of rotatable bonds is 5. The van der Waals surface area contributed by atoms with Crippen LogP contribution in [0.1, 0.15) is 39.0 Å². The van der Waals surface area contributed by atoms with Gasteiger partial charge >= 0.3 is 0 Å². The van der Waals surface area contributed by atoms with Crippen LogP contribution < -0.4 is 16.2 Å². The van der Waals surface area contributed by atoms with E-state index < -0.39 is 12.2 Å². The lowest BCUT2D eigenvalue weighted by Crippen LogP contribution is -2.48. The summed E-state index contributed by atoms with van der Waals surface area (Å²) in [7, 11) is 0. The molecule has 5 nitrogen and oxygen atoms in total. The third kappa shape index (κ3) is 4.47. The predicted molar refractivity (Wildman–Crippen MR) is 100 cm³/mol. The van der Waals surface area contributed by atoms with Crippen LogP contribution >= 0.6 is 0 Å². The molecule has 1 aromatic carbocycles. The Morgan fingerprint density at radius 3 is 2.42 bits per heavy atom. The van der Waals surface area contributed by atoms with Gasteiger partial charge in [-0.3, -0.25) is 4.79 Å². The molecule has 1 aliphatic heterocycles. The number of nitrogen functional groups attached to an aromatic ring is 1. The molecule has 1 saturated heterocycles. The van der Waals surface area contributed by atoms with Crippen molar-refractivity contribution in [3.05, 3.63) is 24.3 Å². The quantitative estimate of drug-likeness (QED) is 0.788. The van der Waals surface area contributed by atoms with Gasteiger partial charge < -0.3 is 21.1 Å². The molecule has 2 aliphatic rings. The van der Waals surface area contributed by atoms with Crippen molar-refractivity contribution in [2.75, 3.05) is 18.8 Å². The van der Waals surface area contributed by atoms with Gasteiger partial charge in [-0.25, -0.2) is 4.39 Å². The molecule has 1 aliphatic carbocycles. The van der Waals surface area contributed by atoms with Crippen molar-refractivity contribution in [1.82, 2.24) is 4.90 Å². The van der Waals surface area contributed by atoms with Crippen molar-refractivity contribution in [2.45, 2.75) is 57.3 Å². The number of nitrogens with zero attached hydrogens (tertiary/aromatic N) is 1. The molecule has 1 aromatic rings. The van der Waals surface area contributed by atoms with Gasteiger partial charge in [0, 0.05) is 12.2 Å². The number of nitrogens with two attached hydrogens (primary N) is 2. The molecule has 3 rings (SSSR count). The molecule has 2 fully saturated rings. The third-order valence-electron chi connectivity index (χ3n) is 5.94. The molecule has 0 bridgehead atoms. The van der Waals surface area contributed by atoms with Gasteiger partial charge in [0.15, 0.2) is 0 Å². The Kier molecular flexibility index (Phi) is 6.01. The number of alkyl halides is 1. The smallest absolute Gasteiger partial charge is 0.239 e. The van der Waals surface area contributed by atoms with Crippen LogP contribution in [0.15, 0.2) is 24.3 Å². The zero-order valence-electron chi connectivity index (χ0n) is 15.4. The summed E-state index contributed by atoms with van der Waals surface area (Å²) in [6.45, 7) is 2.74. The highest BCUT2D eigenvalue weighted by Gasteiger charge is 2.36. The van der Waals surface area contributed by atoms with Gasteiger partial charge in [-0.15, -0.1) is 0 Å². The van der Waals surface area contributed by atoms with E-state index in [0.29, 0.717) is 18.9 Å².